The lowest BCUT2D eigenvalue weighted by molar-refractivity contribution is -0.134. The van der Waals surface area contributed by atoms with E-state index in [1.807, 2.05) is 18.2 Å². The van der Waals surface area contributed by atoms with Crippen LogP contribution in [0.5, 0.6) is 11.5 Å². The predicted octanol–water partition coefficient (Wildman–Crippen LogP) is 3.28. The Morgan fingerprint density at radius 3 is 2.77 bits per heavy atom. The fourth-order valence-corrected chi connectivity index (χ4v) is 2.90. The van der Waals surface area contributed by atoms with Crippen molar-refractivity contribution in [3.8, 4) is 11.5 Å². The average molecular weight is 376 g/mol. The van der Waals surface area contributed by atoms with E-state index in [9.17, 15) is 9.90 Å². The highest BCUT2D eigenvalue weighted by Gasteiger charge is 2.30. The number of hydrogen-bond acceptors (Lipinski definition) is 4. The number of amides is 1. The minimum atomic E-state index is -1.08. The third-order valence-corrected chi connectivity index (χ3v) is 4.54. The number of benzene rings is 2. The van der Waals surface area contributed by atoms with Crippen molar-refractivity contribution >= 4 is 17.5 Å². The van der Waals surface area contributed by atoms with Gasteiger partial charge in [0.2, 0.25) is 0 Å². The maximum atomic E-state index is 12.5. The number of halogens is 1. The molecular weight excluding hydrogens is 354 g/mol. The molecule has 0 saturated carbocycles. The van der Waals surface area contributed by atoms with Gasteiger partial charge < -0.3 is 19.9 Å². The monoisotopic (exact) mass is 375 g/mol. The van der Waals surface area contributed by atoms with E-state index in [1.54, 1.807) is 38.1 Å². The van der Waals surface area contributed by atoms with Crippen molar-refractivity contribution in [2.45, 2.75) is 32.0 Å². The molecule has 6 heteroatoms. The molecule has 2 aromatic rings. The van der Waals surface area contributed by atoms with E-state index >= 15 is 0 Å². The average Bonchev–Trinajstić information content (AvgIpc) is 3.08. The minimum absolute atomic E-state index is 0.103. The molecule has 0 aliphatic carbocycles. The Hall–Kier alpha value is -2.24. The zero-order valence-electron chi connectivity index (χ0n) is 14.8. The molecule has 0 bridgehead atoms. The molecule has 2 N–H and O–H groups in total. The molecule has 5 nitrogen and oxygen atoms in total. The van der Waals surface area contributed by atoms with E-state index in [0.29, 0.717) is 17.4 Å². The summed E-state index contributed by atoms with van der Waals surface area (Å²) in [7, 11) is 0. The highest BCUT2D eigenvalue weighted by molar-refractivity contribution is 6.30. The number of aliphatic hydroxyl groups is 1. The number of carbonyl (C=O) groups is 1. The second-order valence-electron chi connectivity index (χ2n) is 6.76. The first-order valence-electron chi connectivity index (χ1n) is 8.52. The zero-order chi connectivity index (χ0) is 18.7. The van der Waals surface area contributed by atoms with E-state index in [1.165, 1.54) is 0 Å². The summed E-state index contributed by atoms with van der Waals surface area (Å²) >= 11 is 5.85. The molecule has 26 heavy (non-hydrogen) atoms. The molecule has 2 aromatic carbocycles. The first-order chi connectivity index (χ1) is 12.3. The summed E-state index contributed by atoms with van der Waals surface area (Å²) in [6.45, 7) is 4.12. The molecule has 0 fully saturated rings. The summed E-state index contributed by atoms with van der Waals surface area (Å²) in [6.07, 6.45) is 0.0423. The van der Waals surface area contributed by atoms with Crippen LogP contribution in [0.4, 0.5) is 0 Å². The molecule has 0 aromatic heterocycles. The van der Waals surface area contributed by atoms with Crippen LogP contribution >= 0.6 is 11.6 Å². The highest BCUT2D eigenvalue weighted by Crippen LogP contribution is 2.28. The van der Waals surface area contributed by atoms with E-state index in [0.717, 1.165) is 23.3 Å². The molecule has 1 atom stereocenters. The first kappa shape index (κ1) is 18.5. The summed E-state index contributed by atoms with van der Waals surface area (Å²) in [6, 6.07) is 12.4. The molecular formula is C20H22ClNO4. The molecule has 1 amide bonds. The van der Waals surface area contributed by atoms with Crippen LogP contribution in [0, 0.1) is 0 Å². The summed E-state index contributed by atoms with van der Waals surface area (Å²) in [5.41, 5.74) is 0.754. The van der Waals surface area contributed by atoms with Crippen LogP contribution < -0.4 is 14.8 Å². The van der Waals surface area contributed by atoms with Gasteiger partial charge in [0.1, 0.15) is 11.5 Å². The van der Waals surface area contributed by atoms with Crippen LogP contribution in [0.3, 0.4) is 0 Å². The van der Waals surface area contributed by atoms with Crippen molar-refractivity contribution in [1.29, 1.82) is 0 Å². The van der Waals surface area contributed by atoms with Gasteiger partial charge in [0.05, 0.1) is 12.7 Å². The second kappa shape index (κ2) is 7.56. The lowest BCUT2D eigenvalue weighted by Gasteiger charge is -2.26. The Labute approximate surface area is 157 Å². The van der Waals surface area contributed by atoms with Crippen LogP contribution in [0.2, 0.25) is 5.02 Å². The Morgan fingerprint density at radius 1 is 1.31 bits per heavy atom. The fraction of sp³-hybridized carbons (Fsp3) is 0.350. The third-order valence-electron chi connectivity index (χ3n) is 4.29. The van der Waals surface area contributed by atoms with Gasteiger partial charge in [-0.25, -0.2) is 0 Å². The van der Waals surface area contributed by atoms with E-state index in [2.05, 4.69) is 5.32 Å². The Morgan fingerprint density at radius 2 is 2.04 bits per heavy atom. The molecule has 3 rings (SSSR count). The predicted molar refractivity (Wildman–Crippen MR) is 99.8 cm³/mol. The van der Waals surface area contributed by atoms with Gasteiger partial charge in [-0.15, -0.1) is 0 Å². The van der Waals surface area contributed by atoms with Crippen molar-refractivity contribution in [3.05, 3.63) is 58.6 Å². The maximum absolute atomic E-state index is 12.5. The van der Waals surface area contributed by atoms with Gasteiger partial charge >= 0.3 is 0 Å². The summed E-state index contributed by atoms with van der Waals surface area (Å²) in [5, 5.41) is 13.7. The molecule has 0 radical (unpaired) electrons. The molecule has 0 saturated heterocycles. The van der Waals surface area contributed by atoms with Crippen LogP contribution in [0.25, 0.3) is 0 Å². The van der Waals surface area contributed by atoms with E-state index < -0.39 is 11.7 Å². The van der Waals surface area contributed by atoms with Crippen molar-refractivity contribution in [3.63, 3.8) is 0 Å². The minimum Gasteiger partial charge on any atom is -0.493 e. The van der Waals surface area contributed by atoms with Crippen molar-refractivity contribution in [1.82, 2.24) is 5.32 Å². The number of aliphatic hydroxyl groups excluding tert-OH is 1. The van der Waals surface area contributed by atoms with E-state index in [4.69, 9.17) is 21.1 Å². The topological polar surface area (TPSA) is 67.8 Å². The van der Waals surface area contributed by atoms with Crippen molar-refractivity contribution in [2.24, 2.45) is 0 Å². The summed E-state index contributed by atoms with van der Waals surface area (Å²) in [4.78, 5) is 12.5. The molecule has 1 aliphatic heterocycles. The molecule has 138 valence electrons. The number of ether oxygens (including phenoxy) is 2. The number of nitrogens with one attached hydrogen (secondary N) is 1. The van der Waals surface area contributed by atoms with E-state index in [-0.39, 0.29) is 12.5 Å². The quantitative estimate of drug-likeness (QED) is 0.813. The Kier molecular flexibility index (Phi) is 5.39. The number of hydrogen-bond donors (Lipinski definition) is 2. The lowest BCUT2D eigenvalue weighted by atomic mass is 10.0. The largest absolute Gasteiger partial charge is 0.493 e. The van der Waals surface area contributed by atoms with Gasteiger partial charge in [-0.1, -0.05) is 17.7 Å². The van der Waals surface area contributed by atoms with Gasteiger partial charge in [0, 0.05) is 18.0 Å². The van der Waals surface area contributed by atoms with Gasteiger partial charge in [-0.3, -0.25) is 4.79 Å². The smallest absolute Gasteiger partial charge is 0.263 e. The molecule has 0 unspecified atom stereocenters. The SMILES string of the molecule is CC(C)(Oc1ccc(Cl)cc1)C(=O)NC[C@@H](O)c1ccc2c(c1)CCO2. The number of carbonyl (C=O) groups excluding carboxylic acids is 1. The number of rotatable bonds is 6. The number of fused-ring (bicyclic) bond motifs is 1. The third kappa shape index (κ3) is 4.29. The Bertz CT molecular complexity index is 789. The molecule has 1 aliphatic rings. The van der Waals surface area contributed by atoms with Gasteiger partial charge in [0.15, 0.2) is 5.60 Å². The van der Waals surface area contributed by atoms with Crippen molar-refractivity contribution in [2.75, 3.05) is 13.2 Å². The Balaban J connectivity index is 1.57. The van der Waals surface area contributed by atoms with Crippen LogP contribution in [0.15, 0.2) is 42.5 Å². The lowest BCUT2D eigenvalue weighted by Crippen LogP contribution is -2.47. The zero-order valence-corrected chi connectivity index (χ0v) is 15.5. The van der Waals surface area contributed by atoms with Crippen LogP contribution in [0.1, 0.15) is 31.1 Å². The van der Waals surface area contributed by atoms with Crippen LogP contribution in [-0.2, 0) is 11.2 Å². The summed E-state index contributed by atoms with van der Waals surface area (Å²) in [5.74, 6) is 1.10. The fourth-order valence-electron chi connectivity index (χ4n) is 2.78. The van der Waals surface area contributed by atoms with Gasteiger partial charge in [-0.05, 0) is 61.4 Å². The highest BCUT2D eigenvalue weighted by atomic mass is 35.5. The maximum Gasteiger partial charge on any atom is 0.263 e. The standard InChI is InChI=1S/C20H22ClNO4/c1-20(2,26-16-6-4-15(21)5-7-16)19(24)22-12-17(23)13-3-8-18-14(11-13)9-10-25-18/h3-8,11,17,23H,9-10,12H2,1-2H3,(H,22,24)/t17-/m1/s1. The molecule has 0 spiro atoms. The van der Waals surface area contributed by atoms with Gasteiger partial charge in [0.25, 0.3) is 5.91 Å². The van der Waals surface area contributed by atoms with Crippen LogP contribution in [-0.4, -0.2) is 29.8 Å². The normalized spacial score (nSPS) is 14.3. The molecule has 1 heterocycles. The second-order valence-corrected chi connectivity index (χ2v) is 7.19. The first-order valence-corrected chi connectivity index (χ1v) is 8.89. The summed E-state index contributed by atoms with van der Waals surface area (Å²) < 4.78 is 11.2. The van der Waals surface area contributed by atoms with Crippen molar-refractivity contribution < 1.29 is 19.4 Å². The van der Waals surface area contributed by atoms with Gasteiger partial charge in [-0.2, -0.15) is 0 Å².